The number of fused-ring (bicyclic) bond motifs is 1. The van der Waals surface area contributed by atoms with Gasteiger partial charge >= 0.3 is 0 Å². The molecule has 3 rings (SSSR count). The summed E-state index contributed by atoms with van der Waals surface area (Å²) >= 11 is 0. The van der Waals surface area contributed by atoms with Crippen molar-refractivity contribution in [2.75, 3.05) is 32.2 Å². The van der Waals surface area contributed by atoms with Crippen LogP contribution >= 0.6 is 0 Å². The van der Waals surface area contributed by atoms with Gasteiger partial charge in [-0.05, 0) is 36.1 Å². The summed E-state index contributed by atoms with van der Waals surface area (Å²) in [6, 6.07) is 14.7. The van der Waals surface area contributed by atoms with Gasteiger partial charge in [-0.2, -0.15) is 5.26 Å². The third-order valence-corrected chi connectivity index (χ3v) is 5.21. The van der Waals surface area contributed by atoms with E-state index in [4.69, 9.17) is 9.47 Å². The Bertz CT molecular complexity index is 1100. The van der Waals surface area contributed by atoms with Crippen LogP contribution in [0.2, 0.25) is 0 Å². The molecule has 2 aromatic rings. The summed E-state index contributed by atoms with van der Waals surface area (Å²) in [4.78, 5) is 27.6. The molecule has 7 heteroatoms. The van der Waals surface area contributed by atoms with Crippen molar-refractivity contribution in [2.24, 2.45) is 5.92 Å². The minimum atomic E-state index is -0.558. The van der Waals surface area contributed by atoms with Crippen molar-refractivity contribution in [3.63, 3.8) is 0 Å². The second kappa shape index (κ2) is 10.0. The summed E-state index contributed by atoms with van der Waals surface area (Å²) < 4.78 is 10.5. The average Bonchev–Trinajstić information content (AvgIpc) is 3.05. The van der Waals surface area contributed by atoms with Gasteiger partial charge in [-0.1, -0.05) is 38.1 Å². The molecule has 0 fully saturated rings. The number of nitriles is 1. The fourth-order valence-corrected chi connectivity index (χ4v) is 3.73. The second-order valence-corrected chi connectivity index (χ2v) is 7.88. The highest BCUT2D eigenvalue weighted by Crippen LogP contribution is 2.38. The van der Waals surface area contributed by atoms with Crippen molar-refractivity contribution in [1.82, 2.24) is 5.32 Å². The van der Waals surface area contributed by atoms with Crippen LogP contribution in [0.1, 0.15) is 25.0 Å². The summed E-state index contributed by atoms with van der Waals surface area (Å²) in [5.74, 6) is 0.604. The van der Waals surface area contributed by atoms with E-state index >= 15 is 0 Å². The fourth-order valence-electron chi connectivity index (χ4n) is 3.73. The van der Waals surface area contributed by atoms with Crippen molar-refractivity contribution in [3.8, 4) is 17.6 Å². The Labute approximate surface area is 188 Å². The Balaban J connectivity index is 1.80. The minimum absolute atomic E-state index is 0.160. The van der Waals surface area contributed by atoms with E-state index in [2.05, 4.69) is 5.32 Å². The number of carbonyl (C=O) groups is 2. The number of nitrogens with zero attached hydrogens (tertiary/aromatic N) is 2. The lowest BCUT2D eigenvalue weighted by molar-refractivity contribution is -0.117. The Hall–Kier alpha value is -3.79. The molecule has 0 saturated carbocycles. The predicted octanol–water partition coefficient (Wildman–Crippen LogP) is 3.34. The first kappa shape index (κ1) is 22.9. The van der Waals surface area contributed by atoms with E-state index in [1.165, 1.54) is 0 Å². The standard InChI is InChI=1S/C25H27N3O4/c1-16(2)15-28-20-8-6-5-7-18(20)23(25(28)30)19(14-26)24(29)27-12-11-17-9-10-21(31-3)22(13-17)32-4/h5-10,13,16H,11-12,15H2,1-4H3,(H,27,29). The zero-order valence-electron chi connectivity index (χ0n) is 18.8. The first-order chi connectivity index (χ1) is 15.4. The van der Waals surface area contributed by atoms with Crippen LogP contribution in [0, 0.1) is 17.2 Å². The number of nitrogens with one attached hydrogen (secondary N) is 1. The molecule has 0 radical (unpaired) electrons. The number of methoxy groups -OCH3 is 2. The first-order valence-corrected chi connectivity index (χ1v) is 10.5. The maximum atomic E-state index is 13.1. The molecule has 0 aliphatic carbocycles. The molecule has 0 saturated heterocycles. The second-order valence-electron chi connectivity index (χ2n) is 7.88. The molecule has 0 unspecified atom stereocenters. The van der Waals surface area contributed by atoms with Gasteiger partial charge in [0.05, 0.1) is 25.5 Å². The van der Waals surface area contributed by atoms with Crippen LogP contribution in [0.25, 0.3) is 5.57 Å². The van der Waals surface area contributed by atoms with E-state index < -0.39 is 5.91 Å². The number of ether oxygens (including phenoxy) is 2. The molecule has 166 valence electrons. The van der Waals surface area contributed by atoms with Crippen molar-refractivity contribution >= 4 is 23.1 Å². The highest BCUT2D eigenvalue weighted by molar-refractivity contribution is 6.37. The summed E-state index contributed by atoms with van der Waals surface area (Å²) in [6.45, 7) is 4.85. The molecule has 1 aliphatic rings. The smallest absolute Gasteiger partial charge is 0.262 e. The lowest BCUT2D eigenvalue weighted by atomic mass is 10.0. The van der Waals surface area contributed by atoms with E-state index in [1.54, 1.807) is 37.3 Å². The number of benzene rings is 2. The number of carbonyl (C=O) groups excluding carboxylic acids is 2. The highest BCUT2D eigenvalue weighted by atomic mass is 16.5. The quantitative estimate of drug-likeness (QED) is 0.509. The zero-order valence-corrected chi connectivity index (χ0v) is 18.8. The fraction of sp³-hybridized carbons (Fsp3) is 0.320. The van der Waals surface area contributed by atoms with Gasteiger partial charge in [0.15, 0.2) is 11.5 Å². The zero-order chi connectivity index (χ0) is 23.3. The van der Waals surface area contributed by atoms with Crippen LogP contribution in [-0.4, -0.2) is 39.1 Å². The van der Waals surface area contributed by atoms with Crippen LogP contribution in [0.15, 0.2) is 48.0 Å². The van der Waals surface area contributed by atoms with Crippen LogP contribution < -0.4 is 19.7 Å². The Morgan fingerprint density at radius 3 is 2.50 bits per heavy atom. The third kappa shape index (κ3) is 4.59. The van der Waals surface area contributed by atoms with Crippen molar-refractivity contribution in [1.29, 1.82) is 5.26 Å². The Morgan fingerprint density at radius 2 is 1.84 bits per heavy atom. The first-order valence-electron chi connectivity index (χ1n) is 10.5. The van der Waals surface area contributed by atoms with Gasteiger partial charge in [0.2, 0.25) is 0 Å². The van der Waals surface area contributed by atoms with Crippen molar-refractivity contribution < 1.29 is 19.1 Å². The maximum Gasteiger partial charge on any atom is 0.262 e. The predicted molar refractivity (Wildman–Crippen MR) is 122 cm³/mol. The largest absolute Gasteiger partial charge is 0.493 e. The van der Waals surface area contributed by atoms with Gasteiger partial charge in [-0.25, -0.2) is 0 Å². The maximum absolute atomic E-state index is 13.1. The normalized spacial score (nSPS) is 14.1. The molecule has 2 amide bonds. The molecule has 0 atom stereocenters. The molecule has 2 aromatic carbocycles. The van der Waals surface area contributed by atoms with Crippen LogP contribution in [0.4, 0.5) is 5.69 Å². The number of hydrogen-bond acceptors (Lipinski definition) is 5. The number of anilines is 1. The monoisotopic (exact) mass is 433 g/mol. The van der Waals surface area contributed by atoms with E-state index in [0.29, 0.717) is 36.6 Å². The Kier molecular flexibility index (Phi) is 7.16. The summed E-state index contributed by atoms with van der Waals surface area (Å²) in [5, 5.41) is 12.5. The number of para-hydroxylation sites is 1. The lowest BCUT2D eigenvalue weighted by Gasteiger charge is -2.19. The molecule has 1 aliphatic heterocycles. The van der Waals surface area contributed by atoms with E-state index in [1.807, 2.05) is 44.2 Å². The molecule has 32 heavy (non-hydrogen) atoms. The molecule has 0 bridgehead atoms. The molecule has 7 nitrogen and oxygen atoms in total. The van der Waals surface area contributed by atoms with Gasteiger partial charge in [-0.3, -0.25) is 9.59 Å². The van der Waals surface area contributed by atoms with Gasteiger partial charge in [0.1, 0.15) is 11.6 Å². The molecule has 1 N–H and O–H groups in total. The number of amides is 2. The number of hydrogen-bond donors (Lipinski definition) is 1. The van der Waals surface area contributed by atoms with E-state index in [9.17, 15) is 14.9 Å². The highest BCUT2D eigenvalue weighted by Gasteiger charge is 2.36. The van der Waals surface area contributed by atoms with Crippen LogP contribution in [0.3, 0.4) is 0 Å². The van der Waals surface area contributed by atoms with Gasteiger partial charge in [-0.15, -0.1) is 0 Å². The minimum Gasteiger partial charge on any atom is -0.493 e. The summed E-state index contributed by atoms with van der Waals surface area (Å²) in [5.41, 5.74) is 2.28. The molecular formula is C25H27N3O4. The third-order valence-electron chi connectivity index (χ3n) is 5.21. The van der Waals surface area contributed by atoms with Crippen molar-refractivity contribution in [3.05, 3.63) is 59.2 Å². The van der Waals surface area contributed by atoms with Crippen LogP contribution in [-0.2, 0) is 16.0 Å². The van der Waals surface area contributed by atoms with E-state index in [0.717, 1.165) is 11.3 Å². The molecule has 0 aromatic heterocycles. The van der Waals surface area contributed by atoms with Crippen molar-refractivity contribution in [2.45, 2.75) is 20.3 Å². The van der Waals surface area contributed by atoms with Gasteiger partial charge in [0, 0.05) is 18.7 Å². The molecule has 1 heterocycles. The van der Waals surface area contributed by atoms with Gasteiger partial charge < -0.3 is 19.7 Å². The molecular weight excluding hydrogens is 406 g/mol. The lowest BCUT2D eigenvalue weighted by Crippen LogP contribution is -2.32. The average molecular weight is 434 g/mol. The van der Waals surface area contributed by atoms with Gasteiger partial charge in [0.25, 0.3) is 11.8 Å². The molecule has 0 spiro atoms. The topological polar surface area (TPSA) is 91.7 Å². The SMILES string of the molecule is COc1ccc(CCNC(=O)C(C#N)=C2C(=O)N(CC(C)C)c3ccccc32)cc1OC. The number of rotatable bonds is 8. The van der Waals surface area contributed by atoms with Crippen LogP contribution in [0.5, 0.6) is 11.5 Å². The Morgan fingerprint density at radius 1 is 1.12 bits per heavy atom. The summed E-state index contributed by atoms with van der Waals surface area (Å²) in [7, 11) is 3.13. The van der Waals surface area contributed by atoms with E-state index in [-0.39, 0.29) is 23.0 Å². The summed E-state index contributed by atoms with van der Waals surface area (Å²) in [6.07, 6.45) is 0.532.